The SMILES string of the molecule is CCCCOCCNC(=O)C1(C#N)CCCCC1. The smallest absolute Gasteiger partial charge is 0.240 e. The number of amides is 1. The van der Waals surface area contributed by atoms with Crippen LogP contribution in [0.3, 0.4) is 0 Å². The van der Waals surface area contributed by atoms with Gasteiger partial charge in [0.25, 0.3) is 0 Å². The summed E-state index contributed by atoms with van der Waals surface area (Å²) in [4.78, 5) is 12.1. The van der Waals surface area contributed by atoms with Crippen LogP contribution in [0.4, 0.5) is 0 Å². The lowest BCUT2D eigenvalue weighted by atomic mass is 9.74. The number of rotatable bonds is 7. The van der Waals surface area contributed by atoms with Crippen LogP contribution in [0, 0.1) is 16.7 Å². The maximum atomic E-state index is 12.1. The van der Waals surface area contributed by atoms with Crippen LogP contribution < -0.4 is 5.32 Å². The van der Waals surface area contributed by atoms with Gasteiger partial charge in [-0.2, -0.15) is 5.26 Å². The van der Waals surface area contributed by atoms with Crippen molar-refractivity contribution in [3.05, 3.63) is 0 Å². The minimum atomic E-state index is -0.776. The predicted octanol–water partition coefficient (Wildman–Crippen LogP) is 2.39. The van der Waals surface area contributed by atoms with E-state index in [4.69, 9.17) is 4.74 Å². The lowest BCUT2D eigenvalue weighted by molar-refractivity contribution is -0.129. The highest BCUT2D eigenvalue weighted by atomic mass is 16.5. The molecule has 1 rings (SSSR count). The monoisotopic (exact) mass is 252 g/mol. The van der Waals surface area contributed by atoms with Gasteiger partial charge in [-0.25, -0.2) is 0 Å². The second-order valence-corrected chi connectivity index (χ2v) is 4.98. The molecule has 0 aliphatic heterocycles. The molecule has 0 bridgehead atoms. The summed E-state index contributed by atoms with van der Waals surface area (Å²) in [6, 6.07) is 2.23. The van der Waals surface area contributed by atoms with Gasteiger partial charge in [0.15, 0.2) is 0 Å². The fourth-order valence-electron chi connectivity index (χ4n) is 2.30. The van der Waals surface area contributed by atoms with E-state index in [1.807, 2.05) is 0 Å². The Balaban J connectivity index is 2.24. The molecule has 0 aromatic rings. The van der Waals surface area contributed by atoms with Crippen LogP contribution in [0.1, 0.15) is 51.9 Å². The maximum Gasteiger partial charge on any atom is 0.240 e. The van der Waals surface area contributed by atoms with Crippen LogP contribution in [-0.4, -0.2) is 25.7 Å². The Kier molecular flexibility index (Phi) is 6.74. The normalized spacial score (nSPS) is 18.0. The third kappa shape index (κ3) is 4.30. The first-order valence-electron chi connectivity index (χ1n) is 7.02. The molecule has 0 heterocycles. The van der Waals surface area contributed by atoms with Crippen LogP contribution in [0.15, 0.2) is 0 Å². The Labute approximate surface area is 110 Å². The van der Waals surface area contributed by atoms with Gasteiger partial charge in [0.2, 0.25) is 5.91 Å². The number of nitrogens with zero attached hydrogens (tertiary/aromatic N) is 1. The van der Waals surface area contributed by atoms with Crippen LogP contribution in [0.2, 0.25) is 0 Å². The van der Waals surface area contributed by atoms with Crippen LogP contribution in [-0.2, 0) is 9.53 Å². The molecule has 0 radical (unpaired) electrons. The van der Waals surface area contributed by atoms with E-state index in [0.717, 1.165) is 38.7 Å². The predicted molar refractivity (Wildman–Crippen MR) is 69.9 cm³/mol. The highest BCUT2D eigenvalue weighted by Crippen LogP contribution is 2.35. The molecule has 102 valence electrons. The largest absolute Gasteiger partial charge is 0.380 e. The van der Waals surface area contributed by atoms with Crippen molar-refractivity contribution >= 4 is 5.91 Å². The molecule has 0 aromatic carbocycles. The molecule has 1 saturated carbocycles. The molecule has 1 amide bonds. The highest BCUT2D eigenvalue weighted by molar-refractivity contribution is 5.85. The van der Waals surface area contributed by atoms with Crippen molar-refractivity contribution in [2.75, 3.05) is 19.8 Å². The molecular formula is C14H24N2O2. The Morgan fingerprint density at radius 2 is 2.06 bits per heavy atom. The second kappa shape index (κ2) is 8.10. The average Bonchev–Trinajstić information content (AvgIpc) is 2.43. The molecule has 1 aliphatic carbocycles. The number of hydrogen-bond acceptors (Lipinski definition) is 3. The Hall–Kier alpha value is -1.08. The number of carbonyl (C=O) groups is 1. The molecule has 0 atom stereocenters. The van der Waals surface area contributed by atoms with Gasteiger partial charge in [0.05, 0.1) is 12.7 Å². The average molecular weight is 252 g/mol. The topological polar surface area (TPSA) is 62.1 Å². The molecular weight excluding hydrogens is 228 g/mol. The molecule has 1 aliphatic rings. The van der Waals surface area contributed by atoms with Crippen molar-refractivity contribution in [1.82, 2.24) is 5.32 Å². The zero-order valence-electron chi connectivity index (χ0n) is 11.3. The fraction of sp³-hybridized carbons (Fsp3) is 0.857. The van der Waals surface area contributed by atoms with Crippen molar-refractivity contribution in [2.45, 2.75) is 51.9 Å². The summed E-state index contributed by atoms with van der Waals surface area (Å²) in [6.45, 7) is 3.90. The van der Waals surface area contributed by atoms with E-state index < -0.39 is 5.41 Å². The minimum Gasteiger partial charge on any atom is -0.380 e. The first kappa shape index (κ1) is 15.0. The second-order valence-electron chi connectivity index (χ2n) is 4.98. The number of nitriles is 1. The van der Waals surface area contributed by atoms with Crippen LogP contribution in [0.25, 0.3) is 0 Å². The van der Waals surface area contributed by atoms with Crippen molar-refractivity contribution in [3.8, 4) is 6.07 Å². The number of hydrogen-bond donors (Lipinski definition) is 1. The summed E-state index contributed by atoms with van der Waals surface area (Å²) in [5, 5.41) is 12.1. The summed E-state index contributed by atoms with van der Waals surface area (Å²) in [6.07, 6.45) is 6.66. The van der Waals surface area contributed by atoms with E-state index >= 15 is 0 Å². The van der Waals surface area contributed by atoms with Crippen molar-refractivity contribution in [2.24, 2.45) is 5.41 Å². The van der Waals surface area contributed by atoms with Gasteiger partial charge in [-0.3, -0.25) is 4.79 Å². The highest BCUT2D eigenvalue weighted by Gasteiger charge is 2.39. The third-order valence-corrected chi connectivity index (χ3v) is 3.53. The Morgan fingerprint density at radius 3 is 2.67 bits per heavy atom. The summed E-state index contributed by atoms with van der Waals surface area (Å²) in [7, 11) is 0. The summed E-state index contributed by atoms with van der Waals surface area (Å²) < 4.78 is 5.38. The van der Waals surface area contributed by atoms with E-state index in [1.54, 1.807) is 0 Å². The zero-order valence-corrected chi connectivity index (χ0v) is 11.3. The molecule has 0 saturated heterocycles. The summed E-state index contributed by atoms with van der Waals surface area (Å²) >= 11 is 0. The maximum absolute atomic E-state index is 12.1. The van der Waals surface area contributed by atoms with Gasteiger partial charge in [0, 0.05) is 13.2 Å². The van der Waals surface area contributed by atoms with Gasteiger partial charge in [-0.05, 0) is 19.3 Å². The van der Waals surface area contributed by atoms with Crippen molar-refractivity contribution in [1.29, 1.82) is 5.26 Å². The standard InChI is InChI=1S/C14H24N2O2/c1-2-3-10-18-11-9-16-13(17)14(12-15)7-5-4-6-8-14/h2-11H2,1H3,(H,16,17). The Morgan fingerprint density at radius 1 is 1.33 bits per heavy atom. The van der Waals surface area contributed by atoms with E-state index in [0.29, 0.717) is 26.0 Å². The summed E-state index contributed by atoms with van der Waals surface area (Å²) in [5.41, 5.74) is -0.776. The molecule has 0 unspecified atom stereocenters. The number of unbranched alkanes of at least 4 members (excludes halogenated alkanes) is 1. The first-order chi connectivity index (χ1) is 8.75. The zero-order chi connectivity index (χ0) is 13.3. The lowest BCUT2D eigenvalue weighted by Crippen LogP contribution is -2.42. The van der Waals surface area contributed by atoms with E-state index in [-0.39, 0.29) is 5.91 Å². The number of carbonyl (C=O) groups excluding carboxylic acids is 1. The molecule has 0 spiro atoms. The van der Waals surface area contributed by atoms with Crippen molar-refractivity contribution < 1.29 is 9.53 Å². The number of nitrogens with one attached hydrogen (secondary N) is 1. The van der Waals surface area contributed by atoms with Crippen LogP contribution in [0.5, 0.6) is 0 Å². The van der Waals surface area contributed by atoms with Crippen molar-refractivity contribution in [3.63, 3.8) is 0 Å². The van der Waals surface area contributed by atoms with Gasteiger partial charge in [-0.15, -0.1) is 0 Å². The third-order valence-electron chi connectivity index (χ3n) is 3.53. The molecule has 0 aromatic heterocycles. The minimum absolute atomic E-state index is 0.108. The quantitative estimate of drug-likeness (QED) is 0.708. The van der Waals surface area contributed by atoms with E-state index in [2.05, 4.69) is 18.3 Å². The molecule has 18 heavy (non-hydrogen) atoms. The summed E-state index contributed by atoms with van der Waals surface area (Å²) in [5.74, 6) is -0.108. The first-order valence-corrected chi connectivity index (χ1v) is 7.02. The van der Waals surface area contributed by atoms with Crippen LogP contribution >= 0.6 is 0 Å². The fourth-order valence-corrected chi connectivity index (χ4v) is 2.30. The molecule has 4 heteroatoms. The Bertz CT molecular complexity index is 291. The van der Waals surface area contributed by atoms with Gasteiger partial charge in [-0.1, -0.05) is 32.6 Å². The van der Waals surface area contributed by atoms with E-state index in [9.17, 15) is 10.1 Å². The van der Waals surface area contributed by atoms with Gasteiger partial charge >= 0.3 is 0 Å². The van der Waals surface area contributed by atoms with Gasteiger partial charge in [0.1, 0.15) is 5.41 Å². The molecule has 1 N–H and O–H groups in total. The lowest BCUT2D eigenvalue weighted by Gasteiger charge is -2.29. The molecule has 1 fully saturated rings. The van der Waals surface area contributed by atoms with Gasteiger partial charge < -0.3 is 10.1 Å². The molecule has 4 nitrogen and oxygen atoms in total. The number of ether oxygens (including phenoxy) is 1. The van der Waals surface area contributed by atoms with E-state index in [1.165, 1.54) is 0 Å².